The average molecular weight is 579 g/mol. The van der Waals surface area contributed by atoms with Gasteiger partial charge in [-0.2, -0.15) is 0 Å². The van der Waals surface area contributed by atoms with Crippen LogP contribution in [0.3, 0.4) is 0 Å². The van der Waals surface area contributed by atoms with E-state index < -0.39 is 0 Å². The van der Waals surface area contributed by atoms with Gasteiger partial charge < -0.3 is 0 Å². The summed E-state index contributed by atoms with van der Waals surface area (Å²) in [6.07, 6.45) is 15.4. The molecule has 0 bridgehead atoms. The van der Waals surface area contributed by atoms with E-state index in [1.807, 2.05) is 27.7 Å². The van der Waals surface area contributed by atoms with Gasteiger partial charge in [-0.15, -0.1) is 39.5 Å². The number of allylic oxidation sites excluding steroid dienone is 6. The summed E-state index contributed by atoms with van der Waals surface area (Å²) < 4.78 is 0. The van der Waals surface area contributed by atoms with Gasteiger partial charge in [0.15, 0.2) is 0 Å². The Morgan fingerprint density at radius 2 is 0.756 bits per heavy atom. The van der Waals surface area contributed by atoms with E-state index >= 15 is 0 Å². The molecule has 0 heteroatoms. The van der Waals surface area contributed by atoms with Crippen LogP contribution in [0.5, 0.6) is 0 Å². The van der Waals surface area contributed by atoms with Crippen molar-refractivity contribution in [2.24, 2.45) is 29.6 Å². The molecule has 0 spiro atoms. The van der Waals surface area contributed by atoms with Crippen molar-refractivity contribution in [3.05, 3.63) is 74.4 Å². The molecule has 250 valence electrons. The van der Waals surface area contributed by atoms with Gasteiger partial charge in [0.05, 0.1) is 0 Å². The van der Waals surface area contributed by atoms with Crippen molar-refractivity contribution in [1.82, 2.24) is 0 Å². The van der Waals surface area contributed by atoms with E-state index in [0.717, 1.165) is 36.0 Å². The zero-order valence-corrected chi connectivity index (χ0v) is 32.0. The van der Waals surface area contributed by atoms with E-state index in [1.165, 1.54) is 61.7 Å². The molecule has 0 amide bonds. The second-order valence-corrected chi connectivity index (χ2v) is 12.4. The van der Waals surface area contributed by atoms with Crippen molar-refractivity contribution < 1.29 is 1.43 Å². The van der Waals surface area contributed by atoms with Crippen molar-refractivity contribution in [2.75, 3.05) is 0 Å². The predicted molar refractivity (Wildman–Crippen MR) is 205 cm³/mol. The second kappa shape index (κ2) is 48.2. The Bertz CT molecular complexity index is 537. The number of hydrogen-bond acceptors (Lipinski definition) is 0. The van der Waals surface area contributed by atoms with E-state index in [9.17, 15) is 0 Å². The molecule has 41 heavy (non-hydrogen) atoms. The van der Waals surface area contributed by atoms with Gasteiger partial charge in [0.25, 0.3) is 0 Å². The minimum atomic E-state index is 0. The Kier molecular flexibility index (Phi) is 65.1. The Labute approximate surface area is 267 Å². The molecule has 0 aliphatic carbocycles. The normalized spacial score (nSPS) is 11.6. The summed E-state index contributed by atoms with van der Waals surface area (Å²) in [5.74, 6) is 4.33. The monoisotopic (exact) mass is 579 g/mol. The Morgan fingerprint density at radius 1 is 0.512 bits per heavy atom. The maximum Gasteiger partial charge on any atom is 0 e. The fourth-order valence-corrected chi connectivity index (χ4v) is 3.24. The van der Waals surface area contributed by atoms with Crippen LogP contribution in [0.4, 0.5) is 0 Å². The van der Waals surface area contributed by atoms with Crippen molar-refractivity contribution in [2.45, 2.75) is 162 Å². The summed E-state index contributed by atoms with van der Waals surface area (Å²) >= 11 is 0. The van der Waals surface area contributed by atoms with Gasteiger partial charge in [-0.3, -0.25) is 0 Å². The molecule has 0 aromatic carbocycles. The summed E-state index contributed by atoms with van der Waals surface area (Å²) in [6, 6.07) is 0. The first-order valence-corrected chi connectivity index (χ1v) is 16.5. The Hall–Kier alpha value is -1.56. The van der Waals surface area contributed by atoms with Crippen LogP contribution < -0.4 is 0 Å². The molecule has 0 nitrogen and oxygen atoms in total. The van der Waals surface area contributed by atoms with Crippen LogP contribution in [0.1, 0.15) is 164 Å². The zero-order chi connectivity index (χ0) is 34.4. The third-order valence-corrected chi connectivity index (χ3v) is 5.77. The molecule has 0 heterocycles. The lowest BCUT2D eigenvalue weighted by atomic mass is 9.91. The van der Waals surface area contributed by atoms with Crippen LogP contribution in [0.15, 0.2) is 74.4 Å². The highest BCUT2D eigenvalue weighted by Gasteiger charge is 2.06. The van der Waals surface area contributed by atoms with Crippen molar-refractivity contribution in [1.29, 1.82) is 0 Å². The lowest BCUT2D eigenvalue weighted by Crippen LogP contribution is -2.02. The van der Waals surface area contributed by atoms with Crippen LogP contribution in [-0.4, -0.2) is 0 Å². The van der Waals surface area contributed by atoms with E-state index in [1.54, 1.807) is 18.2 Å². The number of hydrogen-bond donors (Lipinski definition) is 0. The van der Waals surface area contributed by atoms with Crippen LogP contribution in [0.2, 0.25) is 0 Å². The second-order valence-electron chi connectivity index (χ2n) is 12.4. The topological polar surface area (TPSA) is 0 Å². The quantitative estimate of drug-likeness (QED) is 0.202. The van der Waals surface area contributed by atoms with Crippen LogP contribution >= 0.6 is 0 Å². The smallest absolute Gasteiger partial charge is 0 e. The minimum Gasteiger partial charge on any atom is -0.103 e. The van der Waals surface area contributed by atoms with Gasteiger partial charge in [-0.05, 0) is 103 Å². The van der Waals surface area contributed by atoms with Crippen molar-refractivity contribution in [3.8, 4) is 0 Å². The molecule has 0 saturated carbocycles. The standard InChI is InChI=1S/C11H22.C8H18.C8H16.C5H10.3C3H6.H2/c1-6-10(4)8-11(5)7-9(2)3;2*1-5-8(4)6-7(2)3;1-4-5(2)3;3*1-3-2;/h10-11H,2,6-8H2,1,3-5H3;7-8H,5-6H2,1-4H3;8H,2,5-6H2,1,3-4H3;2,4H2,1,3H3;3*3H,1H2,2H3;1H. The molecule has 0 rings (SSSR count). The summed E-state index contributed by atoms with van der Waals surface area (Å²) in [5, 5.41) is 0. The molecule has 4 atom stereocenters. The average Bonchev–Trinajstić information content (AvgIpc) is 2.85. The summed E-state index contributed by atoms with van der Waals surface area (Å²) in [5.41, 5.74) is 3.88. The molecule has 0 aliphatic heterocycles. The molecule has 0 aromatic heterocycles. The third kappa shape index (κ3) is 101. The van der Waals surface area contributed by atoms with Crippen LogP contribution in [0.25, 0.3) is 0 Å². The largest absolute Gasteiger partial charge is 0.103 e. The summed E-state index contributed by atoms with van der Waals surface area (Å²) in [7, 11) is 0. The molecular weight excluding hydrogens is 492 g/mol. The highest BCUT2D eigenvalue weighted by molar-refractivity contribution is 4.90. The van der Waals surface area contributed by atoms with E-state index in [-0.39, 0.29) is 1.43 Å². The van der Waals surface area contributed by atoms with Crippen molar-refractivity contribution >= 4 is 0 Å². The van der Waals surface area contributed by atoms with Crippen molar-refractivity contribution in [3.63, 3.8) is 0 Å². The van der Waals surface area contributed by atoms with Gasteiger partial charge in [-0.25, -0.2) is 0 Å². The van der Waals surface area contributed by atoms with Crippen LogP contribution in [0, 0.1) is 29.6 Å². The molecule has 0 fully saturated rings. The number of rotatable bonds is 12. The SMILES string of the molecule is C=C(C)CC.C=C(C)CC(C)CC.C=C(C)CC(C)CC(C)CC.C=CC.C=CC.C=CC.CCC(C)CC(C)C.[HH]. The highest BCUT2D eigenvalue weighted by atomic mass is 14.1. The van der Waals surface area contributed by atoms with Gasteiger partial charge >= 0.3 is 0 Å². The summed E-state index contributed by atoms with van der Waals surface area (Å²) in [4.78, 5) is 0. The molecule has 0 aromatic rings. The van der Waals surface area contributed by atoms with Crippen LogP contribution in [-0.2, 0) is 0 Å². The molecule has 0 aliphatic rings. The van der Waals surface area contributed by atoms with E-state index in [4.69, 9.17) is 0 Å². The van der Waals surface area contributed by atoms with Gasteiger partial charge in [-0.1, -0.05) is 123 Å². The molecule has 0 radical (unpaired) electrons. The molecule has 0 saturated heterocycles. The maximum absolute atomic E-state index is 3.93. The van der Waals surface area contributed by atoms with Gasteiger partial charge in [0.2, 0.25) is 0 Å². The first-order chi connectivity index (χ1) is 18.9. The Balaban J connectivity index is -0.0000000565. The lowest BCUT2D eigenvalue weighted by Gasteiger charge is -2.15. The highest BCUT2D eigenvalue weighted by Crippen LogP contribution is 2.20. The van der Waals surface area contributed by atoms with Gasteiger partial charge in [0.1, 0.15) is 0 Å². The molecular formula is C41H86. The first kappa shape index (κ1) is 55.4. The molecule has 0 N–H and O–H groups in total. The predicted octanol–water partition coefficient (Wildman–Crippen LogP) is 15.9. The Morgan fingerprint density at radius 3 is 0.902 bits per heavy atom. The lowest BCUT2D eigenvalue weighted by molar-refractivity contribution is 0.403. The first-order valence-electron chi connectivity index (χ1n) is 16.5. The fraction of sp³-hybridized carbons (Fsp3) is 0.707. The summed E-state index contributed by atoms with van der Waals surface area (Å²) in [6.45, 7) is 56.1. The van der Waals surface area contributed by atoms with E-state index in [2.05, 4.69) is 123 Å². The fourth-order valence-electron chi connectivity index (χ4n) is 3.24. The maximum atomic E-state index is 3.93. The van der Waals surface area contributed by atoms with Gasteiger partial charge in [0, 0.05) is 1.43 Å². The molecule has 4 unspecified atom stereocenters. The minimum absolute atomic E-state index is 0. The zero-order valence-electron chi connectivity index (χ0n) is 32.0. The third-order valence-electron chi connectivity index (χ3n) is 5.77. The van der Waals surface area contributed by atoms with E-state index in [0.29, 0.717) is 0 Å².